The van der Waals surface area contributed by atoms with Gasteiger partial charge in [-0.1, -0.05) is 29.8 Å². The van der Waals surface area contributed by atoms with Crippen LogP contribution in [0, 0.1) is 6.92 Å². The fraction of sp³-hybridized carbons (Fsp3) is 0.143. The summed E-state index contributed by atoms with van der Waals surface area (Å²) in [6, 6.07) is 19.2. The first-order valence-corrected chi connectivity index (χ1v) is 11.8. The molecule has 0 saturated carbocycles. The fourth-order valence-electron chi connectivity index (χ4n) is 3.54. The van der Waals surface area contributed by atoms with Crippen LogP contribution in [0.3, 0.4) is 0 Å². The quantitative estimate of drug-likeness (QED) is 0.260. The van der Waals surface area contributed by atoms with Crippen LogP contribution in [0.1, 0.15) is 40.1 Å². The van der Waals surface area contributed by atoms with Crippen molar-refractivity contribution in [1.82, 2.24) is 0 Å². The average Bonchev–Trinajstić information content (AvgIpc) is 3.08. The van der Waals surface area contributed by atoms with E-state index < -0.39 is 23.8 Å². The van der Waals surface area contributed by atoms with E-state index in [0.29, 0.717) is 17.0 Å². The number of rotatable bonds is 7. The highest BCUT2D eigenvalue weighted by Crippen LogP contribution is 2.30. The van der Waals surface area contributed by atoms with E-state index >= 15 is 0 Å². The minimum absolute atomic E-state index is 0.106. The summed E-state index contributed by atoms with van der Waals surface area (Å²) in [6.07, 6.45) is -0.279. The van der Waals surface area contributed by atoms with Gasteiger partial charge in [0.1, 0.15) is 16.5 Å². The van der Waals surface area contributed by atoms with Gasteiger partial charge in [0.15, 0.2) is 0 Å². The highest BCUT2D eigenvalue weighted by molar-refractivity contribution is 6.53. The van der Waals surface area contributed by atoms with Gasteiger partial charge in [0.25, 0.3) is 11.8 Å². The molecule has 2 amide bonds. The van der Waals surface area contributed by atoms with E-state index in [2.05, 4.69) is 5.32 Å². The molecule has 0 radical (unpaired) electrons. The summed E-state index contributed by atoms with van der Waals surface area (Å²) in [4.78, 5) is 51.2. The lowest BCUT2D eigenvalue weighted by Gasteiger charge is -2.16. The van der Waals surface area contributed by atoms with Crippen molar-refractivity contribution in [2.24, 2.45) is 0 Å². The molecule has 37 heavy (non-hydrogen) atoms. The predicted molar refractivity (Wildman–Crippen MR) is 139 cm³/mol. The number of benzene rings is 3. The number of hydrogen-bond acceptors (Lipinski definition) is 7. The Balaban J connectivity index is 1.45. The SMILES string of the molecule is Cc1ccccc1OC(=O)c1ccc(NC2=C(Cl)C(=O)N(c3ccc(C(=O)OC(C)C)cc3)C2=O)cc1. The topological polar surface area (TPSA) is 102 Å². The van der Waals surface area contributed by atoms with E-state index in [1.807, 2.05) is 19.1 Å². The summed E-state index contributed by atoms with van der Waals surface area (Å²) in [7, 11) is 0. The number of hydrogen-bond donors (Lipinski definition) is 1. The number of halogens is 1. The number of nitrogens with one attached hydrogen (secondary N) is 1. The normalized spacial score (nSPS) is 13.3. The third kappa shape index (κ3) is 5.54. The van der Waals surface area contributed by atoms with Gasteiger partial charge in [0.05, 0.1) is 22.9 Å². The zero-order chi connectivity index (χ0) is 26.7. The van der Waals surface area contributed by atoms with Crippen molar-refractivity contribution >= 4 is 46.7 Å². The second-order valence-electron chi connectivity index (χ2n) is 8.49. The minimum Gasteiger partial charge on any atom is -0.459 e. The van der Waals surface area contributed by atoms with Gasteiger partial charge in [-0.05, 0) is 80.9 Å². The molecule has 4 rings (SSSR count). The second-order valence-corrected chi connectivity index (χ2v) is 8.87. The van der Waals surface area contributed by atoms with Gasteiger partial charge in [0.2, 0.25) is 0 Å². The van der Waals surface area contributed by atoms with Crippen molar-refractivity contribution < 1.29 is 28.7 Å². The van der Waals surface area contributed by atoms with Crippen molar-refractivity contribution in [3.63, 3.8) is 0 Å². The summed E-state index contributed by atoms with van der Waals surface area (Å²) >= 11 is 6.20. The molecule has 3 aromatic rings. The van der Waals surface area contributed by atoms with Crippen LogP contribution in [0.25, 0.3) is 0 Å². The molecule has 3 aromatic carbocycles. The molecule has 0 aromatic heterocycles. The van der Waals surface area contributed by atoms with E-state index in [4.69, 9.17) is 21.1 Å². The maximum Gasteiger partial charge on any atom is 0.343 e. The molecule has 0 spiro atoms. The molecule has 0 atom stereocenters. The number of para-hydroxylation sites is 1. The zero-order valence-electron chi connectivity index (χ0n) is 20.3. The van der Waals surface area contributed by atoms with Crippen LogP contribution in [-0.4, -0.2) is 29.9 Å². The number of ether oxygens (including phenoxy) is 2. The Morgan fingerprint density at radius 3 is 2.05 bits per heavy atom. The highest BCUT2D eigenvalue weighted by Gasteiger charge is 2.39. The lowest BCUT2D eigenvalue weighted by Crippen LogP contribution is -2.32. The smallest absolute Gasteiger partial charge is 0.343 e. The summed E-state index contributed by atoms with van der Waals surface area (Å²) in [5, 5.41) is 2.57. The number of aryl methyl sites for hydroxylation is 1. The molecule has 0 unspecified atom stereocenters. The first-order chi connectivity index (χ1) is 17.7. The van der Waals surface area contributed by atoms with Crippen molar-refractivity contribution in [1.29, 1.82) is 0 Å². The van der Waals surface area contributed by atoms with Gasteiger partial charge < -0.3 is 14.8 Å². The molecule has 1 aliphatic heterocycles. The van der Waals surface area contributed by atoms with E-state index in [9.17, 15) is 19.2 Å². The van der Waals surface area contributed by atoms with E-state index in [1.54, 1.807) is 38.1 Å². The predicted octanol–water partition coefficient (Wildman–Crippen LogP) is 5.22. The van der Waals surface area contributed by atoms with Crippen LogP contribution >= 0.6 is 11.6 Å². The molecule has 8 nitrogen and oxygen atoms in total. The first-order valence-electron chi connectivity index (χ1n) is 11.4. The Morgan fingerprint density at radius 1 is 0.838 bits per heavy atom. The Hall–Kier alpha value is -4.43. The van der Waals surface area contributed by atoms with Gasteiger partial charge in [-0.2, -0.15) is 0 Å². The average molecular weight is 519 g/mol. The molecule has 0 fully saturated rings. The Bertz CT molecular complexity index is 1410. The third-order valence-corrected chi connectivity index (χ3v) is 5.77. The molecule has 188 valence electrons. The summed E-state index contributed by atoms with van der Waals surface area (Å²) in [5.74, 6) is -1.94. The Morgan fingerprint density at radius 2 is 1.43 bits per heavy atom. The lowest BCUT2D eigenvalue weighted by atomic mass is 10.2. The van der Waals surface area contributed by atoms with Crippen molar-refractivity contribution in [2.45, 2.75) is 26.9 Å². The Labute approximate surface area is 218 Å². The van der Waals surface area contributed by atoms with Crippen molar-refractivity contribution in [3.05, 3.63) is 100 Å². The number of nitrogens with zero attached hydrogens (tertiary/aromatic N) is 1. The molecule has 0 saturated heterocycles. The van der Waals surface area contributed by atoms with Crippen LogP contribution in [-0.2, 0) is 14.3 Å². The number of imide groups is 1. The standard InChI is InChI=1S/C28H23ClN2O6/c1-16(2)36-27(34)19-10-14-21(15-11-19)31-25(32)23(29)24(26(31)33)30-20-12-8-18(9-13-20)28(35)37-22-7-5-4-6-17(22)3/h4-16,30H,1-3H3. The van der Waals surface area contributed by atoms with Crippen LogP contribution in [0.15, 0.2) is 83.5 Å². The van der Waals surface area contributed by atoms with Crippen LogP contribution in [0.5, 0.6) is 5.75 Å². The molecule has 1 aliphatic rings. The summed E-state index contributed by atoms with van der Waals surface area (Å²) in [6.45, 7) is 5.31. The fourth-order valence-corrected chi connectivity index (χ4v) is 3.75. The number of anilines is 2. The molecule has 9 heteroatoms. The number of carbonyl (C=O) groups excluding carboxylic acids is 4. The second kappa shape index (κ2) is 10.7. The van der Waals surface area contributed by atoms with Gasteiger partial charge in [-0.15, -0.1) is 0 Å². The summed E-state index contributed by atoms with van der Waals surface area (Å²) in [5.41, 5.74) is 2.01. The first kappa shape index (κ1) is 25.7. The van der Waals surface area contributed by atoms with Crippen molar-refractivity contribution in [3.8, 4) is 5.75 Å². The van der Waals surface area contributed by atoms with E-state index in [0.717, 1.165) is 10.5 Å². The molecular formula is C28H23ClN2O6. The molecular weight excluding hydrogens is 496 g/mol. The number of esters is 2. The van der Waals surface area contributed by atoms with Crippen LogP contribution in [0.4, 0.5) is 11.4 Å². The van der Waals surface area contributed by atoms with Gasteiger partial charge in [-0.3, -0.25) is 9.59 Å². The maximum atomic E-state index is 13.0. The minimum atomic E-state index is -0.704. The van der Waals surface area contributed by atoms with E-state index in [1.165, 1.54) is 36.4 Å². The van der Waals surface area contributed by atoms with Crippen LogP contribution in [0.2, 0.25) is 0 Å². The van der Waals surface area contributed by atoms with Gasteiger partial charge in [0, 0.05) is 5.69 Å². The molecule has 1 N–H and O–H groups in total. The number of carbonyl (C=O) groups is 4. The summed E-state index contributed by atoms with van der Waals surface area (Å²) < 4.78 is 10.6. The zero-order valence-corrected chi connectivity index (χ0v) is 21.0. The molecule has 1 heterocycles. The molecule has 0 bridgehead atoms. The van der Waals surface area contributed by atoms with Crippen LogP contribution < -0.4 is 15.0 Å². The molecule has 0 aliphatic carbocycles. The van der Waals surface area contributed by atoms with E-state index in [-0.39, 0.29) is 28.1 Å². The Kier molecular flexibility index (Phi) is 7.40. The lowest BCUT2D eigenvalue weighted by molar-refractivity contribution is -0.120. The monoisotopic (exact) mass is 518 g/mol. The van der Waals surface area contributed by atoms with Gasteiger partial charge >= 0.3 is 11.9 Å². The maximum absolute atomic E-state index is 13.0. The van der Waals surface area contributed by atoms with Gasteiger partial charge in [-0.25, -0.2) is 14.5 Å². The van der Waals surface area contributed by atoms with Crippen molar-refractivity contribution in [2.75, 3.05) is 10.2 Å². The largest absolute Gasteiger partial charge is 0.459 e. The highest BCUT2D eigenvalue weighted by atomic mass is 35.5. The number of amides is 2. The third-order valence-electron chi connectivity index (χ3n) is 5.42.